The molecule has 2 aromatic rings. The van der Waals surface area contributed by atoms with E-state index in [0.717, 1.165) is 36.5 Å². The van der Waals surface area contributed by atoms with Gasteiger partial charge in [0.2, 0.25) is 11.8 Å². The number of hydrogen-bond acceptors (Lipinski definition) is 5. The van der Waals surface area contributed by atoms with Crippen LogP contribution >= 0.6 is 0 Å². The van der Waals surface area contributed by atoms with E-state index < -0.39 is 0 Å². The molecule has 26 heavy (non-hydrogen) atoms. The van der Waals surface area contributed by atoms with E-state index in [4.69, 9.17) is 4.52 Å². The smallest absolute Gasteiger partial charge is 0.227 e. The molecule has 1 fully saturated rings. The normalized spacial score (nSPS) is 19.3. The number of nitrogens with zero attached hydrogens (tertiary/aromatic N) is 3. The van der Waals surface area contributed by atoms with Gasteiger partial charge in [0.05, 0.1) is 11.4 Å². The predicted octanol–water partition coefficient (Wildman–Crippen LogP) is 3.75. The van der Waals surface area contributed by atoms with Crippen molar-refractivity contribution in [1.29, 1.82) is 0 Å². The van der Waals surface area contributed by atoms with Crippen molar-refractivity contribution < 1.29 is 9.32 Å². The number of anilines is 2. The van der Waals surface area contributed by atoms with Crippen molar-refractivity contribution in [2.45, 2.75) is 57.9 Å². The fourth-order valence-electron chi connectivity index (χ4n) is 3.39. The Morgan fingerprint density at radius 3 is 2.92 bits per heavy atom. The average molecular weight is 354 g/mol. The minimum atomic E-state index is 0.159. The minimum Gasteiger partial charge on any atom is -0.379 e. The van der Waals surface area contributed by atoms with Crippen molar-refractivity contribution in [1.82, 2.24) is 10.1 Å². The van der Waals surface area contributed by atoms with Crippen molar-refractivity contribution in [3.05, 3.63) is 36.0 Å². The Balaban J connectivity index is 1.38. The molecule has 1 unspecified atom stereocenters. The predicted molar refractivity (Wildman–Crippen MR) is 100 cm³/mol. The molecular formula is C20H26N4O2. The molecule has 1 aromatic carbocycles. The second kappa shape index (κ2) is 7.09. The molecule has 1 aliphatic carbocycles. The van der Waals surface area contributed by atoms with E-state index in [0.29, 0.717) is 37.1 Å². The molecule has 1 atom stereocenters. The molecule has 1 N–H and O–H groups in total. The number of nitrogens with one attached hydrogen (secondary N) is 1. The van der Waals surface area contributed by atoms with Crippen LogP contribution in [0.1, 0.15) is 57.2 Å². The summed E-state index contributed by atoms with van der Waals surface area (Å²) in [6.45, 7) is 5.07. The first kappa shape index (κ1) is 17.1. The number of amides is 1. The van der Waals surface area contributed by atoms with Crippen LogP contribution in [0.25, 0.3) is 0 Å². The Bertz CT molecular complexity index is 782. The second-order valence-corrected chi connectivity index (χ2v) is 7.69. The fraction of sp³-hybridized carbons (Fsp3) is 0.550. The van der Waals surface area contributed by atoms with E-state index in [9.17, 15) is 4.79 Å². The highest BCUT2D eigenvalue weighted by Crippen LogP contribution is 2.38. The Hall–Kier alpha value is -2.37. The summed E-state index contributed by atoms with van der Waals surface area (Å²) in [6.07, 6.45) is 4.20. The summed E-state index contributed by atoms with van der Waals surface area (Å²) >= 11 is 0. The Morgan fingerprint density at radius 1 is 1.35 bits per heavy atom. The quantitative estimate of drug-likeness (QED) is 0.855. The third kappa shape index (κ3) is 3.59. The van der Waals surface area contributed by atoms with Crippen molar-refractivity contribution in [2.24, 2.45) is 5.92 Å². The van der Waals surface area contributed by atoms with Crippen molar-refractivity contribution >= 4 is 17.3 Å². The van der Waals surface area contributed by atoms with Crippen LogP contribution in [0.2, 0.25) is 0 Å². The minimum absolute atomic E-state index is 0.159. The van der Waals surface area contributed by atoms with E-state index in [-0.39, 0.29) is 11.9 Å². The van der Waals surface area contributed by atoms with Gasteiger partial charge >= 0.3 is 0 Å². The average Bonchev–Trinajstić information content (AvgIpc) is 3.39. The third-order valence-electron chi connectivity index (χ3n) is 5.23. The molecule has 2 aliphatic rings. The van der Waals surface area contributed by atoms with Crippen molar-refractivity contribution in [3.8, 4) is 0 Å². The first-order chi connectivity index (χ1) is 12.6. The number of carbonyl (C=O) groups is 1. The second-order valence-electron chi connectivity index (χ2n) is 7.69. The maximum Gasteiger partial charge on any atom is 0.227 e. The zero-order valence-electron chi connectivity index (χ0n) is 15.4. The first-order valence-electron chi connectivity index (χ1n) is 9.60. The summed E-state index contributed by atoms with van der Waals surface area (Å²) in [6, 6.07) is 8.31. The number of benzene rings is 1. The summed E-state index contributed by atoms with van der Waals surface area (Å²) in [5.74, 6) is 2.60. The monoisotopic (exact) mass is 354 g/mol. The SMILES string of the molecule is CC(C)C1CN(C(=O)CCCc2nc(C3CC3)no2)c2ccccc2N1. The molecule has 0 bridgehead atoms. The van der Waals surface area contributed by atoms with Crippen LogP contribution < -0.4 is 10.2 Å². The molecule has 1 saturated carbocycles. The summed E-state index contributed by atoms with van der Waals surface area (Å²) in [5, 5.41) is 7.59. The molecule has 1 amide bonds. The van der Waals surface area contributed by atoms with Gasteiger partial charge in [-0.2, -0.15) is 4.98 Å². The van der Waals surface area contributed by atoms with Gasteiger partial charge in [-0.25, -0.2) is 0 Å². The molecule has 0 saturated heterocycles. The maximum atomic E-state index is 12.9. The number of aryl methyl sites for hydroxylation is 1. The highest BCUT2D eigenvalue weighted by Gasteiger charge is 2.30. The van der Waals surface area contributed by atoms with Crippen LogP contribution in [0, 0.1) is 5.92 Å². The van der Waals surface area contributed by atoms with Gasteiger partial charge in [0.1, 0.15) is 0 Å². The van der Waals surface area contributed by atoms with E-state index in [1.807, 2.05) is 29.2 Å². The first-order valence-corrected chi connectivity index (χ1v) is 9.60. The lowest BCUT2D eigenvalue weighted by molar-refractivity contribution is -0.118. The number of para-hydroxylation sites is 2. The lowest BCUT2D eigenvalue weighted by atomic mass is 9.99. The number of carbonyl (C=O) groups excluding carboxylic acids is 1. The largest absolute Gasteiger partial charge is 0.379 e. The fourth-order valence-corrected chi connectivity index (χ4v) is 3.39. The van der Waals surface area contributed by atoms with Crippen LogP contribution in [0.15, 0.2) is 28.8 Å². The Kier molecular flexibility index (Phi) is 4.66. The maximum absolute atomic E-state index is 12.9. The molecule has 4 rings (SSSR count). The standard InChI is InChI=1S/C20H26N4O2/c1-13(2)16-12-24(17-7-4-3-6-15(17)21-16)19(25)9-5-8-18-22-20(23-26-18)14-10-11-14/h3-4,6-7,13-14,16,21H,5,8-12H2,1-2H3. The van der Waals surface area contributed by atoms with Gasteiger partial charge in [-0.05, 0) is 37.3 Å². The van der Waals surface area contributed by atoms with Gasteiger partial charge in [-0.1, -0.05) is 31.1 Å². The van der Waals surface area contributed by atoms with Gasteiger partial charge in [0.25, 0.3) is 0 Å². The summed E-state index contributed by atoms with van der Waals surface area (Å²) in [7, 11) is 0. The highest BCUT2D eigenvalue weighted by molar-refractivity contribution is 5.97. The van der Waals surface area contributed by atoms with Gasteiger partial charge < -0.3 is 14.7 Å². The summed E-state index contributed by atoms with van der Waals surface area (Å²) < 4.78 is 5.30. The van der Waals surface area contributed by atoms with E-state index in [1.54, 1.807) is 0 Å². The lowest BCUT2D eigenvalue weighted by Gasteiger charge is -2.37. The topological polar surface area (TPSA) is 71.3 Å². The van der Waals surface area contributed by atoms with Gasteiger partial charge in [0.15, 0.2) is 5.82 Å². The molecule has 6 nitrogen and oxygen atoms in total. The summed E-state index contributed by atoms with van der Waals surface area (Å²) in [5.41, 5.74) is 2.01. The summed E-state index contributed by atoms with van der Waals surface area (Å²) in [4.78, 5) is 19.2. The van der Waals surface area contributed by atoms with E-state index in [1.165, 1.54) is 0 Å². The third-order valence-corrected chi connectivity index (χ3v) is 5.23. The van der Waals surface area contributed by atoms with Crippen LogP contribution in [0.3, 0.4) is 0 Å². The zero-order valence-corrected chi connectivity index (χ0v) is 15.4. The molecule has 6 heteroatoms. The van der Waals surface area contributed by atoms with E-state index in [2.05, 4.69) is 29.3 Å². The van der Waals surface area contributed by atoms with Crippen LogP contribution in [-0.2, 0) is 11.2 Å². The highest BCUT2D eigenvalue weighted by atomic mass is 16.5. The van der Waals surface area contributed by atoms with Gasteiger partial charge in [0, 0.05) is 31.3 Å². The van der Waals surface area contributed by atoms with Crippen LogP contribution in [-0.4, -0.2) is 28.6 Å². The molecule has 0 radical (unpaired) electrons. The number of hydrogen-bond donors (Lipinski definition) is 1. The molecular weight excluding hydrogens is 328 g/mol. The molecule has 1 aromatic heterocycles. The Morgan fingerprint density at radius 2 is 2.15 bits per heavy atom. The van der Waals surface area contributed by atoms with E-state index >= 15 is 0 Å². The molecule has 1 aliphatic heterocycles. The van der Waals surface area contributed by atoms with Crippen LogP contribution in [0.5, 0.6) is 0 Å². The van der Waals surface area contributed by atoms with Gasteiger partial charge in [-0.15, -0.1) is 0 Å². The molecule has 2 heterocycles. The van der Waals surface area contributed by atoms with Crippen molar-refractivity contribution in [2.75, 3.05) is 16.8 Å². The lowest BCUT2D eigenvalue weighted by Crippen LogP contribution is -2.47. The number of rotatable bonds is 6. The van der Waals surface area contributed by atoms with Crippen molar-refractivity contribution in [3.63, 3.8) is 0 Å². The molecule has 138 valence electrons. The Labute approximate surface area is 154 Å². The number of fused-ring (bicyclic) bond motifs is 1. The van der Waals surface area contributed by atoms with Crippen LogP contribution in [0.4, 0.5) is 11.4 Å². The molecule has 0 spiro atoms. The zero-order chi connectivity index (χ0) is 18.1. The van der Waals surface area contributed by atoms with Gasteiger partial charge in [-0.3, -0.25) is 4.79 Å². The number of aromatic nitrogens is 2.